The Morgan fingerprint density at radius 1 is 1.17 bits per heavy atom. The molecule has 0 amide bonds. The number of rotatable bonds is 2. The lowest BCUT2D eigenvalue weighted by Gasteiger charge is -2.05. The summed E-state index contributed by atoms with van der Waals surface area (Å²) in [6.07, 6.45) is 0. The number of nitrogens with zero attached hydrogens (tertiary/aromatic N) is 1. The van der Waals surface area contributed by atoms with E-state index in [0.717, 1.165) is 12.1 Å². The van der Waals surface area contributed by atoms with Crippen LogP contribution in [0.2, 0.25) is 10.0 Å². The molecule has 0 aliphatic heterocycles. The van der Waals surface area contributed by atoms with Gasteiger partial charge in [-0.1, -0.05) is 29.3 Å². The zero-order chi connectivity index (χ0) is 13.3. The van der Waals surface area contributed by atoms with Gasteiger partial charge >= 0.3 is 5.97 Å². The van der Waals surface area contributed by atoms with Gasteiger partial charge in [0.2, 0.25) is 0 Å². The van der Waals surface area contributed by atoms with Crippen LogP contribution < -0.4 is 0 Å². The van der Waals surface area contributed by atoms with Gasteiger partial charge in [0.15, 0.2) is 0 Å². The summed E-state index contributed by atoms with van der Waals surface area (Å²) in [6, 6.07) is 6.59. The first-order chi connectivity index (χ1) is 8.49. The highest BCUT2D eigenvalue weighted by Gasteiger charge is 2.13. The van der Waals surface area contributed by atoms with Gasteiger partial charge in [0.05, 0.1) is 10.0 Å². The quantitative estimate of drug-likeness (QED) is 0.911. The number of aromatic carboxylic acids is 1. The first-order valence-corrected chi connectivity index (χ1v) is 5.60. The molecule has 0 aliphatic carbocycles. The Labute approximate surface area is 112 Å². The Kier molecular flexibility index (Phi) is 3.50. The number of carboxylic acids is 1. The average molecular weight is 286 g/mol. The number of hydrogen-bond acceptors (Lipinski definition) is 2. The van der Waals surface area contributed by atoms with Crippen molar-refractivity contribution in [3.8, 4) is 11.3 Å². The minimum absolute atomic E-state index is 0.0755. The maximum absolute atomic E-state index is 13.6. The fraction of sp³-hybridized carbons (Fsp3) is 0. The number of benzene rings is 1. The fourth-order valence-corrected chi connectivity index (χ4v) is 1.71. The summed E-state index contributed by atoms with van der Waals surface area (Å²) in [7, 11) is 0. The van der Waals surface area contributed by atoms with Crippen LogP contribution in [-0.2, 0) is 0 Å². The summed E-state index contributed by atoms with van der Waals surface area (Å²) in [5.74, 6) is -1.85. The zero-order valence-electron chi connectivity index (χ0n) is 8.82. The Balaban J connectivity index is 2.58. The topological polar surface area (TPSA) is 50.2 Å². The van der Waals surface area contributed by atoms with E-state index in [1.165, 1.54) is 18.2 Å². The predicted octanol–water partition coefficient (Wildman–Crippen LogP) is 3.89. The van der Waals surface area contributed by atoms with Crippen molar-refractivity contribution >= 4 is 29.2 Å². The summed E-state index contributed by atoms with van der Waals surface area (Å²) in [4.78, 5) is 14.5. The van der Waals surface area contributed by atoms with Crippen molar-refractivity contribution in [3.63, 3.8) is 0 Å². The molecule has 0 unspecified atom stereocenters. The largest absolute Gasteiger partial charge is 0.477 e. The van der Waals surface area contributed by atoms with Crippen molar-refractivity contribution in [1.29, 1.82) is 0 Å². The van der Waals surface area contributed by atoms with E-state index < -0.39 is 11.8 Å². The first-order valence-electron chi connectivity index (χ1n) is 4.84. The second-order valence-corrected chi connectivity index (χ2v) is 4.28. The minimum atomic E-state index is -1.23. The monoisotopic (exact) mass is 285 g/mol. The number of carboxylic acid groups (broad SMARTS) is 1. The third-order valence-electron chi connectivity index (χ3n) is 2.26. The van der Waals surface area contributed by atoms with Gasteiger partial charge in [-0.3, -0.25) is 0 Å². The van der Waals surface area contributed by atoms with Gasteiger partial charge < -0.3 is 5.11 Å². The Bertz CT molecular complexity index is 631. The molecule has 0 spiro atoms. The normalized spacial score (nSPS) is 10.4. The number of pyridine rings is 1. The zero-order valence-corrected chi connectivity index (χ0v) is 10.3. The van der Waals surface area contributed by atoms with Crippen LogP contribution in [-0.4, -0.2) is 16.1 Å². The lowest BCUT2D eigenvalue weighted by atomic mass is 10.1. The maximum Gasteiger partial charge on any atom is 0.354 e. The molecule has 0 aliphatic rings. The molecule has 1 N–H and O–H groups in total. The Morgan fingerprint density at radius 2 is 1.89 bits per heavy atom. The lowest BCUT2D eigenvalue weighted by molar-refractivity contribution is 0.0690. The van der Waals surface area contributed by atoms with Crippen molar-refractivity contribution in [2.45, 2.75) is 0 Å². The van der Waals surface area contributed by atoms with Gasteiger partial charge in [0, 0.05) is 5.56 Å². The van der Waals surface area contributed by atoms with Crippen molar-refractivity contribution in [1.82, 2.24) is 4.98 Å². The Morgan fingerprint density at radius 3 is 2.50 bits per heavy atom. The van der Waals surface area contributed by atoms with E-state index in [1.54, 1.807) is 0 Å². The van der Waals surface area contributed by atoms with Gasteiger partial charge in [-0.05, 0) is 24.3 Å². The smallest absolute Gasteiger partial charge is 0.354 e. The molecule has 1 aromatic heterocycles. The number of halogens is 3. The molecule has 1 heterocycles. The highest BCUT2D eigenvalue weighted by Crippen LogP contribution is 2.28. The summed E-state index contributed by atoms with van der Waals surface area (Å²) in [5, 5.41) is 9.39. The molecule has 0 bridgehead atoms. The molecule has 0 saturated carbocycles. The molecule has 2 aromatic rings. The molecule has 18 heavy (non-hydrogen) atoms. The number of carbonyl (C=O) groups is 1. The lowest BCUT2D eigenvalue weighted by Crippen LogP contribution is -2.02. The molecule has 2 rings (SSSR count). The maximum atomic E-state index is 13.6. The van der Waals surface area contributed by atoms with Gasteiger partial charge in [-0.15, -0.1) is 0 Å². The summed E-state index contributed by atoms with van der Waals surface area (Å²) < 4.78 is 13.6. The third-order valence-corrected chi connectivity index (χ3v) is 3.00. The highest BCUT2D eigenvalue weighted by atomic mass is 35.5. The van der Waals surface area contributed by atoms with E-state index in [9.17, 15) is 9.18 Å². The van der Waals surface area contributed by atoms with E-state index in [-0.39, 0.29) is 16.4 Å². The molecule has 0 saturated heterocycles. The van der Waals surface area contributed by atoms with Crippen LogP contribution in [0.1, 0.15) is 10.5 Å². The standard InChI is InChI=1S/C12H6Cl2FNO2/c13-7-2-1-6(5-8(7)14)11-9(15)3-4-10(16-11)12(17)18/h1-5H,(H,17,18). The molecule has 0 fully saturated rings. The summed E-state index contributed by atoms with van der Waals surface area (Å²) >= 11 is 11.6. The van der Waals surface area contributed by atoms with Gasteiger partial charge in [-0.25, -0.2) is 14.2 Å². The summed E-state index contributed by atoms with van der Waals surface area (Å²) in [6.45, 7) is 0. The van der Waals surface area contributed by atoms with Crippen molar-refractivity contribution in [2.75, 3.05) is 0 Å². The van der Waals surface area contributed by atoms with Crippen LogP contribution in [0.4, 0.5) is 4.39 Å². The fourth-order valence-electron chi connectivity index (χ4n) is 1.41. The molecule has 92 valence electrons. The van der Waals surface area contributed by atoms with Crippen LogP contribution in [0.25, 0.3) is 11.3 Å². The molecular weight excluding hydrogens is 280 g/mol. The average Bonchev–Trinajstić information content (AvgIpc) is 2.33. The third kappa shape index (κ3) is 2.44. The minimum Gasteiger partial charge on any atom is -0.477 e. The molecule has 0 radical (unpaired) electrons. The van der Waals surface area contributed by atoms with E-state index in [0.29, 0.717) is 10.6 Å². The van der Waals surface area contributed by atoms with Gasteiger partial charge in [0.25, 0.3) is 0 Å². The van der Waals surface area contributed by atoms with Gasteiger partial charge in [0.1, 0.15) is 17.2 Å². The number of hydrogen-bond donors (Lipinski definition) is 1. The van der Waals surface area contributed by atoms with E-state index in [2.05, 4.69) is 4.98 Å². The van der Waals surface area contributed by atoms with Crippen LogP contribution in [0.3, 0.4) is 0 Å². The molecule has 3 nitrogen and oxygen atoms in total. The number of aromatic nitrogens is 1. The Hall–Kier alpha value is -1.65. The first kappa shape index (κ1) is 12.8. The van der Waals surface area contributed by atoms with Crippen LogP contribution in [0.5, 0.6) is 0 Å². The second kappa shape index (κ2) is 4.92. The van der Waals surface area contributed by atoms with Crippen molar-refractivity contribution in [3.05, 3.63) is 51.9 Å². The predicted molar refractivity (Wildman–Crippen MR) is 66.6 cm³/mol. The van der Waals surface area contributed by atoms with E-state index >= 15 is 0 Å². The van der Waals surface area contributed by atoms with Crippen LogP contribution >= 0.6 is 23.2 Å². The highest BCUT2D eigenvalue weighted by molar-refractivity contribution is 6.42. The van der Waals surface area contributed by atoms with Crippen LogP contribution in [0, 0.1) is 5.82 Å². The molecule has 1 aromatic carbocycles. The molecule has 0 atom stereocenters. The SMILES string of the molecule is O=C(O)c1ccc(F)c(-c2ccc(Cl)c(Cl)c2)n1. The second-order valence-electron chi connectivity index (χ2n) is 3.46. The van der Waals surface area contributed by atoms with Crippen molar-refractivity contribution < 1.29 is 14.3 Å². The van der Waals surface area contributed by atoms with E-state index in [1.807, 2.05) is 0 Å². The summed E-state index contributed by atoms with van der Waals surface area (Å²) in [5.41, 5.74) is 0.0518. The van der Waals surface area contributed by atoms with E-state index in [4.69, 9.17) is 28.3 Å². The van der Waals surface area contributed by atoms with Gasteiger partial charge in [-0.2, -0.15) is 0 Å². The molecular formula is C12H6Cl2FNO2. The van der Waals surface area contributed by atoms with Crippen LogP contribution in [0.15, 0.2) is 30.3 Å². The molecule has 6 heteroatoms. The van der Waals surface area contributed by atoms with Crippen molar-refractivity contribution in [2.24, 2.45) is 0 Å².